The summed E-state index contributed by atoms with van der Waals surface area (Å²) in [6, 6.07) is 9.91. The molecule has 2 aromatic heterocycles. The minimum Gasteiger partial charge on any atom is -0.493 e. The van der Waals surface area contributed by atoms with Gasteiger partial charge in [0.2, 0.25) is 0 Å². The zero-order valence-corrected chi connectivity index (χ0v) is 18.2. The molecule has 7 nitrogen and oxygen atoms in total. The molecule has 4 rings (SSSR count). The summed E-state index contributed by atoms with van der Waals surface area (Å²) >= 11 is 0. The van der Waals surface area contributed by atoms with Crippen LogP contribution in [0.2, 0.25) is 0 Å². The average molecular weight is 421 g/mol. The standard InChI is InChI=1S/C24H28N4O3/c1-16(18-7-8-21(22(15-18)30-3)31-14-13-29-2)26-24-19-5-4-6-20(19)27-23(28-24)17-9-11-25-12-10-17/h7-12,15-16H,4-6,13-14H2,1-3H3,(H,26,27,28). The number of fused-ring (bicyclic) bond motifs is 1. The van der Waals surface area contributed by atoms with Crippen molar-refractivity contribution in [3.63, 3.8) is 0 Å². The topological polar surface area (TPSA) is 78.4 Å². The summed E-state index contributed by atoms with van der Waals surface area (Å²) in [6.07, 6.45) is 6.62. The second-order valence-corrected chi connectivity index (χ2v) is 7.53. The van der Waals surface area contributed by atoms with Gasteiger partial charge in [-0.1, -0.05) is 6.07 Å². The Morgan fingerprint density at radius 3 is 2.61 bits per heavy atom. The first-order valence-electron chi connectivity index (χ1n) is 10.6. The van der Waals surface area contributed by atoms with Crippen molar-refractivity contribution in [2.75, 3.05) is 32.8 Å². The Labute approximate surface area is 182 Å². The highest BCUT2D eigenvalue weighted by atomic mass is 16.5. The lowest BCUT2D eigenvalue weighted by atomic mass is 10.1. The van der Waals surface area contributed by atoms with Crippen LogP contribution in [0.15, 0.2) is 42.7 Å². The molecule has 1 aliphatic carbocycles. The number of hydrogen-bond acceptors (Lipinski definition) is 7. The van der Waals surface area contributed by atoms with E-state index in [0.29, 0.717) is 24.7 Å². The van der Waals surface area contributed by atoms with Gasteiger partial charge in [0, 0.05) is 36.3 Å². The molecule has 162 valence electrons. The molecule has 0 amide bonds. The van der Waals surface area contributed by atoms with Crippen LogP contribution in [-0.4, -0.2) is 42.4 Å². The van der Waals surface area contributed by atoms with E-state index in [9.17, 15) is 0 Å². The fraction of sp³-hybridized carbons (Fsp3) is 0.375. The van der Waals surface area contributed by atoms with E-state index in [2.05, 4.69) is 17.2 Å². The van der Waals surface area contributed by atoms with E-state index in [1.54, 1.807) is 26.6 Å². The Kier molecular flexibility index (Phi) is 6.62. The molecule has 1 atom stereocenters. The van der Waals surface area contributed by atoms with Gasteiger partial charge in [-0.25, -0.2) is 9.97 Å². The van der Waals surface area contributed by atoms with Gasteiger partial charge in [0.15, 0.2) is 17.3 Å². The van der Waals surface area contributed by atoms with Crippen molar-refractivity contribution in [2.45, 2.75) is 32.2 Å². The number of aromatic nitrogens is 3. The highest BCUT2D eigenvalue weighted by Gasteiger charge is 2.21. The Morgan fingerprint density at radius 2 is 1.84 bits per heavy atom. The van der Waals surface area contributed by atoms with Crippen LogP contribution in [0.25, 0.3) is 11.4 Å². The molecule has 1 unspecified atom stereocenters. The highest BCUT2D eigenvalue weighted by molar-refractivity contribution is 5.61. The van der Waals surface area contributed by atoms with Gasteiger partial charge in [-0.15, -0.1) is 0 Å². The number of benzene rings is 1. The van der Waals surface area contributed by atoms with E-state index in [1.807, 2.05) is 30.3 Å². The second-order valence-electron chi connectivity index (χ2n) is 7.53. The number of rotatable bonds is 9. The molecule has 0 aliphatic heterocycles. The van der Waals surface area contributed by atoms with E-state index in [0.717, 1.165) is 47.7 Å². The molecule has 2 heterocycles. The van der Waals surface area contributed by atoms with Gasteiger partial charge in [0.05, 0.1) is 19.8 Å². The van der Waals surface area contributed by atoms with Gasteiger partial charge in [0.25, 0.3) is 0 Å². The fourth-order valence-electron chi connectivity index (χ4n) is 3.78. The quantitative estimate of drug-likeness (QED) is 0.519. The predicted octanol–water partition coefficient (Wildman–Crippen LogP) is 4.23. The van der Waals surface area contributed by atoms with Gasteiger partial charge in [-0.3, -0.25) is 4.98 Å². The molecule has 7 heteroatoms. The van der Waals surface area contributed by atoms with Gasteiger partial charge in [-0.05, 0) is 56.0 Å². The lowest BCUT2D eigenvalue weighted by Gasteiger charge is -2.20. The van der Waals surface area contributed by atoms with Crippen molar-refractivity contribution < 1.29 is 14.2 Å². The van der Waals surface area contributed by atoms with E-state index in [1.165, 1.54) is 5.56 Å². The van der Waals surface area contributed by atoms with Crippen LogP contribution < -0.4 is 14.8 Å². The summed E-state index contributed by atoms with van der Waals surface area (Å²) in [5.74, 6) is 3.05. The maximum Gasteiger partial charge on any atom is 0.161 e. The minimum atomic E-state index is 0.0341. The third kappa shape index (κ3) is 4.77. The molecule has 0 spiro atoms. The molecule has 1 aliphatic rings. The SMILES string of the molecule is COCCOc1ccc(C(C)Nc2nc(-c3ccncc3)nc3c2CCC3)cc1OC. The maximum absolute atomic E-state index is 5.75. The largest absolute Gasteiger partial charge is 0.493 e. The first kappa shape index (κ1) is 21.1. The number of pyridine rings is 1. The van der Waals surface area contributed by atoms with Gasteiger partial charge in [0.1, 0.15) is 12.4 Å². The van der Waals surface area contributed by atoms with Crippen LogP contribution in [0.1, 0.15) is 36.2 Å². The molecule has 0 saturated carbocycles. The van der Waals surface area contributed by atoms with Gasteiger partial charge >= 0.3 is 0 Å². The van der Waals surface area contributed by atoms with Crippen LogP contribution >= 0.6 is 0 Å². The van der Waals surface area contributed by atoms with Crippen molar-refractivity contribution in [3.8, 4) is 22.9 Å². The summed E-state index contributed by atoms with van der Waals surface area (Å²) < 4.78 is 16.3. The average Bonchev–Trinajstić information content (AvgIpc) is 3.29. The lowest BCUT2D eigenvalue weighted by Crippen LogP contribution is -2.12. The zero-order valence-electron chi connectivity index (χ0n) is 18.2. The number of ether oxygens (including phenoxy) is 3. The summed E-state index contributed by atoms with van der Waals surface area (Å²) in [5.41, 5.74) is 4.42. The third-order valence-corrected chi connectivity index (χ3v) is 5.46. The monoisotopic (exact) mass is 420 g/mol. The first-order chi connectivity index (χ1) is 15.2. The first-order valence-corrected chi connectivity index (χ1v) is 10.6. The molecular weight excluding hydrogens is 392 g/mol. The summed E-state index contributed by atoms with van der Waals surface area (Å²) in [7, 11) is 3.31. The fourth-order valence-corrected chi connectivity index (χ4v) is 3.78. The molecule has 3 aromatic rings. The van der Waals surface area contributed by atoms with E-state index >= 15 is 0 Å². The zero-order chi connectivity index (χ0) is 21.6. The van der Waals surface area contributed by atoms with E-state index < -0.39 is 0 Å². The van der Waals surface area contributed by atoms with Crippen LogP contribution in [0.4, 0.5) is 5.82 Å². The minimum absolute atomic E-state index is 0.0341. The summed E-state index contributed by atoms with van der Waals surface area (Å²) in [6.45, 7) is 3.13. The van der Waals surface area contributed by atoms with Gasteiger partial charge in [-0.2, -0.15) is 0 Å². The van der Waals surface area contributed by atoms with Crippen LogP contribution in [-0.2, 0) is 17.6 Å². The molecule has 0 fully saturated rings. The Balaban J connectivity index is 1.58. The van der Waals surface area contributed by atoms with Crippen molar-refractivity contribution in [2.24, 2.45) is 0 Å². The molecule has 0 radical (unpaired) electrons. The molecule has 0 saturated heterocycles. The maximum atomic E-state index is 5.75. The lowest BCUT2D eigenvalue weighted by molar-refractivity contribution is 0.144. The van der Waals surface area contributed by atoms with E-state index in [4.69, 9.17) is 24.2 Å². The number of nitrogens with zero attached hydrogens (tertiary/aromatic N) is 3. The third-order valence-electron chi connectivity index (χ3n) is 5.46. The van der Waals surface area contributed by atoms with E-state index in [-0.39, 0.29) is 6.04 Å². The molecule has 1 N–H and O–H groups in total. The van der Waals surface area contributed by atoms with Crippen molar-refractivity contribution in [3.05, 3.63) is 59.5 Å². The highest BCUT2D eigenvalue weighted by Crippen LogP contribution is 2.34. The normalized spacial score (nSPS) is 13.5. The Hall–Kier alpha value is -3.19. The Bertz CT molecular complexity index is 1030. The van der Waals surface area contributed by atoms with Crippen LogP contribution in [0, 0.1) is 0 Å². The molecule has 1 aromatic carbocycles. The smallest absolute Gasteiger partial charge is 0.161 e. The number of nitrogens with one attached hydrogen (secondary N) is 1. The number of methoxy groups -OCH3 is 2. The second kappa shape index (κ2) is 9.75. The van der Waals surface area contributed by atoms with Crippen molar-refractivity contribution in [1.29, 1.82) is 0 Å². The van der Waals surface area contributed by atoms with Crippen molar-refractivity contribution >= 4 is 5.82 Å². The van der Waals surface area contributed by atoms with Crippen molar-refractivity contribution in [1.82, 2.24) is 15.0 Å². The van der Waals surface area contributed by atoms with Crippen LogP contribution in [0.5, 0.6) is 11.5 Å². The Morgan fingerprint density at radius 1 is 1.00 bits per heavy atom. The van der Waals surface area contributed by atoms with Gasteiger partial charge < -0.3 is 19.5 Å². The predicted molar refractivity (Wildman–Crippen MR) is 120 cm³/mol. The summed E-state index contributed by atoms with van der Waals surface area (Å²) in [5, 5.41) is 3.61. The molecule has 0 bridgehead atoms. The molecule has 31 heavy (non-hydrogen) atoms. The number of anilines is 1. The van der Waals surface area contributed by atoms with Crippen LogP contribution in [0.3, 0.4) is 0 Å². The number of aryl methyl sites for hydroxylation is 1. The summed E-state index contributed by atoms with van der Waals surface area (Å²) in [4.78, 5) is 13.8. The number of hydrogen-bond donors (Lipinski definition) is 1. The molecular formula is C24H28N4O3.